The van der Waals surface area contributed by atoms with Gasteiger partial charge in [0.2, 0.25) is 0 Å². The Kier molecular flexibility index (Phi) is 6.10. The van der Waals surface area contributed by atoms with Crippen molar-refractivity contribution in [2.24, 2.45) is 0 Å². The summed E-state index contributed by atoms with van der Waals surface area (Å²) >= 11 is 5.91. The number of anilines is 1. The van der Waals surface area contributed by atoms with Crippen molar-refractivity contribution in [3.05, 3.63) is 53.1 Å². The van der Waals surface area contributed by atoms with Crippen LogP contribution in [0.4, 0.5) is 5.69 Å². The third-order valence-corrected chi connectivity index (χ3v) is 6.05. The zero-order valence-corrected chi connectivity index (χ0v) is 18.6. The van der Waals surface area contributed by atoms with Gasteiger partial charge in [-0.1, -0.05) is 11.6 Å². The Morgan fingerprint density at radius 2 is 1.94 bits per heavy atom. The predicted molar refractivity (Wildman–Crippen MR) is 120 cm³/mol. The van der Waals surface area contributed by atoms with Crippen molar-refractivity contribution in [3.8, 4) is 11.5 Å². The number of piperidine rings is 1. The fourth-order valence-corrected chi connectivity index (χ4v) is 4.18. The molecule has 0 aromatic heterocycles. The molecular formula is C24H27ClN2O4. The Bertz CT molecular complexity index is 974. The fourth-order valence-electron chi connectivity index (χ4n) is 4.05. The van der Waals surface area contributed by atoms with E-state index in [1.54, 1.807) is 56.3 Å². The summed E-state index contributed by atoms with van der Waals surface area (Å²) in [7, 11) is 0. The maximum Gasteiger partial charge on any atom is 0.267 e. The topological polar surface area (TPSA) is 67.9 Å². The van der Waals surface area contributed by atoms with Gasteiger partial charge in [-0.05, 0) is 75.6 Å². The van der Waals surface area contributed by atoms with E-state index in [2.05, 4.69) is 5.32 Å². The van der Waals surface area contributed by atoms with Gasteiger partial charge in [0, 0.05) is 29.7 Å². The van der Waals surface area contributed by atoms with E-state index < -0.39 is 5.60 Å². The number of ether oxygens (including phenoxy) is 2. The van der Waals surface area contributed by atoms with Crippen LogP contribution in [-0.4, -0.2) is 41.5 Å². The minimum atomic E-state index is -1.13. The number of fused-ring (bicyclic) bond motifs is 2. The lowest BCUT2D eigenvalue weighted by Crippen LogP contribution is -2.45. The van der Waals surface area contributed by atoms with Crippen LogP contribution in [0.3, 0.4) is 0 Å². The molecular weight excluding hydrogens is 416 g/mol. The average Bonchev–Trinajstić information content (AvgIpc) is 2.75. The van der Waals surface area contributed by atoms with Gasteiger partial charge in [0.25, 0.3) is 11.8 Å². The molecule has 1 atom stereocenters. The third kappa shape index (κ3) is 4.79. The van der Waals surface area contributed by atoms with E-state index in [1.165, 1.54) is 0 Å². The van der Waals surface area contributed by atoms with E-state index in [0.717, 1.165) is 32.2 Å². The second-order valence-corrected chi connectivity index (χ2v) is 8.95. The monoisotopic (exact) mass is 442 g/mol. The van der Waals surface area contributed by atoms with E-state index in [-0.39, 0.29) is 17.9 Å². The molecule has 0 saturated carbocycles. The van der Waals surface area contributed by atoms with Gasteiger partial charge in [0.15, 0.2) is 5.60 Å². The molecule has 31 heavy (non-hydrogen) atoms. The third-order valence-electron chi connectivity index (χ3n) is 5.80. The van der Waals surface area contributed by atoms with Gasteiger partial charge in [-0.2, -0.15) is 0 Å². The number of hydrogen-bond donors (Lipinski definition) is 1. The van der Waals surface area contributed by atoms with Gasteiger partial charge < -0.3 is 19.7 Å². The summed E-state index contributed by atoms with van der Waals surface area (Å²) in [6.45, 7) is 4.73. The van der Waals surface area contributed by atoms with Crippen LogP contribution >= 0.6 is 11.6 Å². The maximum absolute atomic E-state index is 13.2. The lowest BCUT2D eigenvalue weighted by Gasteiger charge is -2.37. The molecule has 2 aromatic rings. The first-order chi connectivity index (χ1) is 14.8. The largest absolute Gasteiger partial charge is 0.493 e. The fraction of sp³-hybridized carbons (Fsp3) is 0.417. The molecule has 164 valence electrons. The van der Waals surface area contributed by atoms with E-state index in [9.17, 15) is 9.59 Å². The zero-order chi connectivity index (χ0) is 22.0. The van der Waals surface area contributed by atoms with Crippen molar-refractivity contribution in [3.63, 3.8) is 0 Å². The first-order valence-electron chi connectivity index (χ1n) is 10.7. The first-order valence-corrected chi connectivity index (χ1v) is 11.1. The number of amides is 2. The van der Waals surface area contributed by atoms with Crippen molar-refractivity contribution in [1.82, 2.24) is 4.90 Å². The minimum absolute atomic E-state index is 0.0350. The second kappa shape index (κ2) is 8.79. The molecule has 0 bridgehead atoms. The molecule has 0 radical (unpaired) electrons. The molecule has 2 heterocycles. The summed E-state index contributed by atoms with van der Waals surface area (Å²) in [6.07, 6.45) is 4.02. The maximum atomic E-state index is 13.2. The molecule has 0 aliphatic carbocycles. The number of nitrogens with one attached hydrogen (secondary N) is 1. The summed E-state index contributed by atoms with van der Waals surface area (Å²) in [5.41, 5.74) is -0.111. The molecule has 7 heteroatoms. The van der Waals surface area contributed by atoms with Crippen molar-refractivity contribution in [2.75, 3.05) is 18.5 Å². The highest BCUT2D eigenvalue weighted by atomic mass is 35.5. The standard InChI is InChI=1S/C24H27ClN2O4/c1-24(2,31-19-9-6-16(25)7-10-19)23(29)26-17-8-11-21-20(15-17)22(28)27-13-4-3-5-18(27)12-14-30-21/h6-11,15,18H,3-5,12-14H2,1-2H3,(H,26,29)/t18-/m0/s1. The predicted octanol–water partition coefficient (Wildman–Crippen LogP) is 4.91. The molecule has 0 spiro atoms. The lowest BCUT2D eigenvalue weighted by molar-refractivity contribution is -0.128. The highest BCUT2D eigenvalue weighted by Gasteiger charge is 2.33. The minimum Gasteiger partial charge on any atom is -0.493 e. The van der Waals surface area contributed by atoms with Gasteiger partial charge in [-0.3, -0.25) is 9.59 Å². The summed E-state index contributed by atoms with van der Waals surface area (Å²) in [6, 6.07) is 12.3. The van der Waals surface area contributed by atoms with Crippen molar-refractivity contribution < 1.29 is 19.1 Å². The number of benzene rings is 2. The smallest absolute Gasteiger partial charge is 0.267 e. The summed E-state index contributed by atoms with van der Waals surface area (Å²) < 4.78 is 11.7. The van der Waals surface area contributed by atoms with E-state index in [1.807, 2.05) is 4.90 Å². The lowest BCUT2D eigenvalue weighted by atomic mass is 9.97. The number of carbonyl (C=O) groups excluding carboxylic acids is 2. The first kappa shape index (κ1) is 21.5. The van der Waals surface area contributed by atoms with Gasteiger partial charge in [-0.15, -0.1) is 0 Å². The highest BCUT2D eigenvalue weighted by molar-refractivity contribution is 6.30. The zero-order valence-electron chi connectivity index (χ0n) is 17.8. The van der Waals surface area contributed by atoms with Crippen LogP contribution in [-0.2, 0) is 4.79 Å². The highest BCUT2D eigenvalue weighted by Crippen LogP contribution is 2.31. The van der Waals surface area contributed by atoms with Crippen LogP contribution < -0.4 is 14.8 Å². The Morgan fingerprint density at radius 1 is 1.16 bits per heavy atom. The molecule has 6 nitrogen and oxygen atoms in total. The van der Waals surface area contributed by atoms with Gasteiger partial charge in [0.05, 0.1) is 12.2 Å². The number of halogens is 1. The molecule has 4 rings (SSSR count). The van der Waals surface area contributed by atoms with Crippen LogP contribution in [0.2, 0.25) is 5.02 Å². The normalized spacial score (nSPS) is 18.7. The van der Waals surface area contributed by atoms with E-state index in [0.29, 0.717) is 34.4 Å². The molecule has 2 amide bonds. The van der Waals surface area contributed by atoms with E-state index >= 15 is 0 Å². The van der Waals surface area contributed by atoms with Crippen LogP contribution in [0, 0.1) is 0 Å². The van der Waals surface area contributed by atoms with Gasteiger partial charge in [0.1, 0.15) is 11.5 Å². The quantitative estimate of drug-likeness (QED) is 0.730. The van der Waals surface area contributed by atoms with Crippen LogP contribution in [0.15, 0.2) is 42.5 Å². The van der Waals surface area contributed by atoms with E-state index in [4.69, 9.17) is 21.1 Å². The summed E-state index contributed by atoms with van der Waals surface area (Å²) in [5, 5.41) is 3.47. The molecule has 2 aromatic carbocycles. The second-order valence-electron chi connectivity index (χ2n) is 8.52. The number of hydrogen-bond acceptors (Lipinski definition) is 4. The molecule has 2 aliphatic rings. The molecule has 1 N–H and O–H groups in total. The Balaban J connectivity index is 1.52. The molecule has 2 aliphatic heterocycles. The number of rotatable bonds is 4. The number of carbonyl (C=O) groups is 2. The average molecular weight is 443 g/mol. The van der Waals surface area contributed by atoms with Crippen LogP contribution in [0.25, 0.3) is 0 Å². The van der Waals surface area contributed by atoms with Crippen LogP contribution in [0.5, 0.6) is 11.5 Å². The molecule has 1 fully saturated rings. The summed E-state index contributed by atoms with van der Waals surface area (Å²) in [4.78, 5) is 28.1. The van der Waals surface area contributed by atoms with Gasteiger partial charge >= 0.3 is 0 Å². The van der Waals surface area contributed by atoms with Gasteiger partial charge in [-0.25, -0.2) is 0 Å². The Labute approximate surface area is 187 Å². The van der Waals surface area contributed by atoms with Crippen molar-refractivity contribution in [1.29, 1.82) is 0 Å². The van der Waals surface area contributed by atoms with Crippen molar-refractivity contribution >= 4 is 29.1 Å². The molecule has 1 saturated heterocycles. The number of nitrogens with zero attached hydrogens (tertiary/aromatic N) is 1. The Morgan fingerprint density at radius 3 is 2.71 bits per heavy atom. The Hall–Kier alpha value is -2.73. The summed E-state index contributed by atoms with van der Waals surface area (Å²) in [5.74, 6) is 0.746. The molecule has 0 unspecified atom stereocenters. The SMILES string of the molecule is CC(C)(Oc1ccc(Cl)cc1)C(=O)Nc1ccc2c(c1)C(=O)N1CCCC[C@H]1CCO2. The van der Waals surface area contributed by atoms with Crippen LogP contribution in [0.1, 0.15) is 49.9 Å². The van der Waals surface area contributed by atoms with Crippen molar-refractivity contribution in [2.45, 2.75) is 51.2 Å².